The number of rotatable bonds is 5. The lowest BCUT2D eigenvalue weighted by Crippen LogP contribution is -2.42. The second-order valence-corrected chi connectivity index (χ2v) is 5.94. The zero-order valence-electron chi connectivity index (χ0n) is 13.4. The van der Waals surface area contributed by atoms with E-state index in [1.54, 1.807) is 6.07 Å². The van der Waals surface area contributed by atoms with Gasteiger partial charge in [0.2, 0.25) is 0 Å². The van der Waals surface area contributed by atoms with Crippen molar-refractivity contribution in [1.82, 2.24) is 19.9 Å². The van der Waals surface area contributed by atoms with Gasteiger partial charge < -0.3 is 9.72 Å². The molecule has 0 saturated carbocycles. The van der Waals surface area contributed by atoms with E-state index in [2.05, 4.69) is 32.8 Å². The summed E-state index contributed by atoms with van der Waals surface area (Å²) in [6.07, 6.45) is 5.10. The van der Waals surface area contributed by atoms with Gasteiger partial charge in [0.05, 0.1) is 24.7 Å². The van der Waals surface area contributed by atoms with Gasteiger partial charge >= 0.3 is 0 Å². The highest BCUT2D eigenvalue weighted by Crippen LogP contribution is 2.14. The van der Waals surface area contributed by atoms with Crippen molar-refractivity contribution < 1.29 is 4.74 Å². The van der Waals surface area contributed by atoms with E-state index in [-0.39, 0.29) is 11.7 Å². The van der Waals surface area contributed by atoms with Gasteiger partial charge in [0.15, 0.2) is 0 Å². The Morgan fingerprint density at radius 2 is 2.35 bits per heavy atom. The molecule has 0 radical (unpaired) electrons. The normalized spacial score (nSPS) is 18.9. The maximum atomic E-state index is 11.3. The number of ether oxygens (including phenoxy) is 1. The van der Waals surface area contributed by atoms with Gasteiger partial charge in [-0.2, -0.15) is 0 Å². The van der Waals surface area contributed by atoms with Crippen LogP contribution in [0.3, 0.4) is 0 Å². The Balaban J connectivity index is 1.54. The van der Waals surface area contributed by atoms with Gasteiger partial charge in [0, 0.05) is 37.6 Å². The van der Waals surface area contributed by atoms with Crippen LogP contribution in [0.25, 0.3) is 0 Å². The summed E-state index contributed by atoms with van der Waals surface area (Å²) in [6.45, 7) is 5.50. The Labute approximate surface area is 135 Å². The molecule has 2 aromatic heterocycles. The van der Waals surface area contributed by atoms with Crippen LogP contribution in [0, 0.1) is 6.92 Å². The van der Waals surface area contributed by atoms with Gasteiger partial charge in [-0.05, 0) is 31.4 Å². The van der Waals surface area contributed by atoms with Crippen LogP contribution < -0.4 is 5.56 Å². The van der Waals surface area contributed by atoms with Crippen LogP contribution in [0.2, 0.25) is 0 Å². The Morgan fingerprint density at radius 3 is 3.17 bits per heavy atom. The molecule has 1 saturated heterocycles. The fourth-order valence-corrected chi connectivity index (χ4v) is 2.85. The first kappa shape index (κ1) is 15.8. The molecule has 1 fully saturated rings. The van der Waals surface area contributed by atoms with Crippen molar-refractivity contribution in [3.8, 4) is 0 Å². The van der Waals surface area contributed by atoms with E-state index in [4.69, 9.17) is 4.74 Å². The Hall–Kier alpha value is -2.05. The molecule has 6 nitrogen and oxygen atoms in total. The maximum absolute atomic E-state index is 11.3. The number of nitrogens with zero attached hydrogens (tertiary/aromatic N) is 3. The number of aryl methyl sites for hydroxylation is 2. The Morgan fingerprint density at radius 1 is 1.43 bits per heavy atom. The molecule has 0 bridgehead atoms. The summed E-state index contributed by atoms with van der Waals surface area (Å²) in [5.74, 6) is 0. The number of hydrogen-bond donors (Lipinski definition) is 1. The number of nitrogens with one attached hydrogen (secondary N) is 1. The molecule has 23 heavy (non-hydrogen) atoms. The van der Waals surface area contributed by atoms with Crippen LogP contribution in [-0.4, -0.2) is 45.7 Å². The van der Waals surface area contributed by atoms with Crippen molar-refractivity contribution in [3.05, 3.63) is 58.0 Å². The Kier molecular flexibility index (Phi) is 5.15. The van der Waals surface area contributed by atoms with E-state index in [0.717, 1.165) is 50.5 Å². The minimum absolute atomic E-state index is 0.105. The van der Waals surface area contributed by atoms with Crippen LogP contribution in [-0.2, 0) is 17.7 Å². The van der Waals surface area contributed by atoms with Gasteiger partial charge in [0.1, 0.15) is 0 Å². The highest BCUT2D eigenvalue weighted by atomic mass is 16.5. The fraction of sp³-hybridized carbons (Fsp3) is 0.471. The third-order valence-electron chi connectivity index (χ3n) is 4.17. The van der Waals surface area contributed by atoms with Crippen LogP contribution in [0.4, 0.5) is 0 Å². The van der Waals surface area contributed by atoms with E-state index in [1.807, 2.05) is 12.3 Å². The molecular weight excluding hydrogens is 292 g/mol. The summed E-state index contributed by atoms with van der Waals surface area (Å²) >= 11 is 0. The molecule has 1 aliphatic heterocycles. The highest BCUT2D eigenvalue weighted by Gasteiger charge is 2.21. The molecule has 0 amide bonds. The zero-order chi connectivity index (χ0) is 16.1. The van der Waals surface area contributed by atoms with Crippen molar-refractivity contribution in [3.63, 3.8) is 0 Å². The van der Waals surface area contributed by atoms with Crippen molar-refractivity contribution in [2.24, 2.45) is 0 Å². The lowest BCUT2D eigenvalue weighted by atomic mass is 10.1. The molecule has 1 atom stereocenters. The van der Waals surface area contributed by atoms with Crippen LogP contribution >= 0.6 is 0 Å². The third kappa shape index (κ3) is 4.46. The number of aromatic amines is 1. The number of morpholine rings is 1. The third-order valence-corrected chi connectivity index (χ3v) is 4.17. The van der Waals surface area contributed by atoms with E-state index in [1.165, 1.54) is 11.9 Å². The van der Waals surface area contributed by atoms with Gasteiger partial charge in [-0.1, -0.05) is 6.07 Å². The molecule has 0 aromatic carbocycles. The van der Waals surface area contributed by atoms with Gasteiger partial charge in [-0.3, -0.25) is 14.7 Å². The topological polar surface area (TPSA) is 71.1 Å². The van der Waals surface area contributed by atoms with E-state index in [0.29, 0.717) is 0 Å². The molecule has 3 heterocycles. The molecule has 6 heteroatoms. The summed E-state index contributed by atoms with van der Waals surface area (Å²) in [7, 11) is 0. The SMILES string of the molecule is Cc1cccnc1CN1CCOC(CCc2cc(=O)[nH]cn2)C1. The number of H-pyrrole nitrogens is 1. The highest BCUT2D eigenvalue weighted by molar-refractivity contribution is 5.17. The summed E-state index contributed by atoms with van der Waals surface area (Å²) in [5, 5.41) is 0. The van der Waals surface area contributed by atoms with Crippen LogP contribution in [0.5, 0.6) is 0 Å². The lowest BCUT2D eigenvalue weighted by molar-refractivity contribution is -0.0350. The first-order valence-electron chi connectivity index (χ1n) is 7.99. The number of aromatic nitrogens is 3. The van der Waals surface area contributed by atoms with Gasteiger partial charge in [0.25, 0.3) is 5.56 Å². The van der Waals surface area contributed by atoms with E-state index >= 15 is 0 Å². The first-order valence-corrected chi connectivity index (χ1v) is 7.99. The molecule has 2 aromatic rings. The molecule has 0 spiro atoms. The quantitative estimate of drug-likeness (QED) is 0.901. The second-order valence-electron chi connectivity index (χ2n) is 5.94. The summed E-state index contributed by atoms with van der Waals surface area (Å²) in [5.41, 5.74) is 3.06. The summed E-state index contributed by atoms with van der Waals surface area (Å²) in [6, 6.07) is 5.62. The van der Waals surface area contributed by atoms with Crippen molar-refractivity contribution in [2.75, 3.05) is 19.7 Å². The van der Waals surface area contributed by atoms with Crippen molar-refractivity contribution >= 4 is 0 Å². The van der Waals surface area contributed by atoms with Crippen LogP contribution in [0.15, 0.2) is 35.5 Å². The molecular formula is C17H22N4O2. The first-order chi connectivity index (χ1) is 11.2. The number of hydrogen-bond acceptors (Lipinski definition) is 5. The molecule has 1 aliphatic rings. The number of pyridine rings is 1. The van der Waals surface area contributed by atoms with E-state index in [9.17, 15) is 4.79 Å². The predicted molar refractivity (Wildman–Crippen MR) is 87.2 cm³/mol. The average molecular weight is 314 g/mol. The van der Waals surface area contributed by atoms with Gasteiger partial charge in [-0.15, -0.1) is 0 Å². The summed E-state index contributed by atoms with van der Waals surface area (Å²) in [4.78, 5) is 24.9. The fourth-order valence-electron chi connectivity index (χ4n) is 2.85. The van der Waals surface area contributed by atoms with Crippen molar-refractivity contribution in [2.45, 2.75) is 32.4 Å². The minimum atomic E-state index is -0.105. The minimum Gasteiger partial charge on any atom is -0.376 e. The zero-order valence-corrected chi connectivity index (χ0v) is 13.4. The van der Waals surface area contributed by atoms with E-state index < -0.39 is 0 Å². The molecule has 1 unspecified atom stereocenters. The second kappa shape index (κ2) is 7.48. The monoisotopic (exact) mass is 314 g/mol. The molecule has 1 N–H and O–H groups in total. The smallest absolute Gasteiger partial charge is 0.250 e. The van der Waals surface area contributed by atoms with Gasteiger partial charge in [-0.25, -0.2) is 4.98 Å². The molecule has 122 valence electrons. The predicted octanol–water partition coefficient (Wildman–Crippen LogP) is 1.31. The largest absolute Gasteiger partial charge is 0.376 e. The lowest BCUT2D eigenvalue weighted by Gasteiger charge is -2.33. The summed E-state index contributed by atoms with van der Waals surface area (Å²) < 4.78 is 5.85. The molecule has 0 aliphatic carbocycles. The van der Waals surface area contributed by atoms with Crippen molar-refractivity contribution in [1.29, 1.82) is 0 Å². The Bertz CT molecular complexity index is 701. The molecule has 3 rings (SSSR count). The maximum Gasteiger partial charge on any atom is 0.250 e. The average Bonchev–Trinajstić information content (AvgIpc) is 2.56. The van der Waals surface area contributed by atoms with Crippen LogP contribution in [0.1, 0.15) is 23.4 Å². The standard InChI is InChI=1S/C17H22N4O2/c1-13-3-2-6-18-16(13)11-21-7-8-23-15(10-21)5-4-14-9-17(22)20-12-19-14/h2-3,6,9,12,15H,4-5,7-8,10-11H2,1H3,(H,19,20,22).